The summed E-state index contributed by atoms with van der Waals surface area (Å²) in [5, 5.41) is 18.4. The van der Waals surface area contributed by atoms with Crippen LogP contribution in [0.4, 0.5) is 10.5 Å². The highest BCUT2D eigenvalue weighted by molar-refractivity contribution is 5.89. The normalized spacial score (nSPS) is 16.4. The molecule has 8 heteroatoms. The van der Waals surface area contributed by atoms with Crippen LogP contribution >= 0.6 is 0 Å². The van der Waals surface area contributed by atoms with E-state index in [1.165, 1.54) is 0 Å². The summed E-state index contributed by atoms with van der Waals surface area (Å²) >= 11 is 0. The van der Waals surface area contributed by atoms with Gasteiger partial charge in [-0.25, -0.2) is 4.79 Å². The first-order chi connectivity index (χ1) is 17.1. The molecule has 35 heavy (non-hydrogen) atoms. The van der Waals surface area contributed by atoms with Crippen LogP contribution in [0.25, 0.3) is 0 Å². The van der Waals surface area contributed by atoms with Crippen LogP contribution in [0.2, 0.25) is 0 Å². The van der Waals surface area contributed by atoms with Crippen molar-refractivity contribution < 1.29 is 19.4 Å². The van der Waals surface area contributed by atoms with Crippen molar-refractivity contribution in [2.75, 3.05) is 31.8 Å². The number of aliphatic hydroxyl groups excluding tert-OH is 1. The molecular formula is C27H32N4O4. The van der Waals surface area contributed by atoms with Crippen molar-refractivity contribution in [1.29, 1.82) is 0 Å². The van der Waals surface area contributed by atoms with Crippen molar-refractivity contribution in [2.45, 2.75) is 31.9 Å². The van der Waals surface area contributed by atoms with E-state index in [0.29, 0.717) is 19.7 Å². The van der Waals surface area contributed by atoms with Gasteiger partial charge in [-0.1, -0.05) is 66.8 Å². The Balaban J connectivity index is 1.31. The number of carbonyl (C=O) groups is 1. The lowest BCUT2D eigenvalue weighted by Crippen LogP contribution is -2.23. The second-order valence-electron chi connectivity index (χ2n) is 8.64. The lowest BCUT2D eigenvalue weighted by Gasteiger charge is -2.21. The Morgan fingerprint density at radius 3 is 2.57 bits per heavy atom. The van der Waals surface area contributed by atoms with E-state index in [1.807, 2.05) is 65.5 Å². The summed E-state index contributed by atoms with van der Waals surface area (Å²) in [5.41, 5.74) is 3.67. The Hall–Kier alpha value is -3.49. The number of allylic oxidation sites excluding steroid dienone is 1. The van der Waals surface area contributed by atoms with E-state index in [9.17, 15) is 9.90 Å². The fraction of sp³-hybridized carbons (Fsp3) is 0.370. The summed E-state index contributed by atoms with van der Waals surface area (Å²) in [7, 11) is 1.71. The predicted molar refractivity (Wildman–Crippen MR) is 133 cm³/mol. The molecule has 4 rings (SSSR count). The maximum Gasteiger partial charge on any atom is 0.414 e. The average molecular weight is 477 g/mol. The molecule has 2 aromatic carbocycles. The van der Waals surface area contributed by atoms with Gasteiger partial charge in [-0.15, -0.1) is 5.10 Å². The van der Waals surface area contributed by atoms with Crippen molar-refractivity contribution in [3.05, 3.63) is 89.8 Å². The summed E-state index contributed by atoms with van der Waals surface area (Å²) in [6.45, 7) is 3.80. The number of benzene rings is 2. The number of ether oxygens (including phenoxy) is 2. The number of cyclic esters (lactones) is 1. The van der Waals surface area contributed by atoms with Gasteiger partial charge in [0, 0.05) is 31.5 Å². The molecule has 3 aromatic rings. The topological polar surface area (TPSA) is 89.7 Å². The minimum absolute atomic E-state index is 0.0123. The number of anilines is 1. The highest BCUT2D eigenvalue weighted by Gasteiger charge is 2.24. The second-order valence-corrected chi connectivity index (χ2v) is 8.64. The van der Waals surface area contributed by atoms with Gasteiger partial charge in [0.25, 0.3) is 0 Å². The molecule has 0 bridgehead atoms. The number of hydrogen-bond acceptors (Lipinski definition) is 6. The lowest BCUT2D eigenvalue weighted by molar-refractivity contribution is 0.0741. The van der Waals surface area contributed by atoms with Crippen LogP contribution in [0.1, 0.15) is 42.2 Å². The third kappa shape index (κ3) is 5.96. The van der Waals surface area contributed by atoms with E-state index in [2.05, 4.69) is 29.4 Å². The predicted octanol–water partition coefficient (Wildman–Crippen LogP) is 4.33. The monoisotopic (exact) mass is 476 g/mol. The molecule has 184 valence electrons. The van der Waals surface area contributed by atoms with Gasteiger partial charge in [0.15, 0.2) is 0 Å². The summed E-state index contributed by atoms with van der Waals surface area (Å²) in [4.78, 5) is 13.4. The van der Waals surface area contributed by atoms with E-state index in [1.54, 1.807) is 12.0 Å². The quantitative estimate of drug-likeness (QED) is 0.415. The molecule has 1 unspecified atom stereocenters. The summed E-state index contributed by atoms with van der Waals surface area (Å²) in [5.74, 6) is -0.0174. The van der Waals surface area contributed by atoms with Gasteiger partial charge in [0.05, 0.1) is 30.9 Å². The second kappa shape index (κ2) is 11.8. The number of hydrogen-bond donors (Lipinski definition) is 1. The van der Waals surface area contributed by atoms with Crippen molar-refractivity contribution in [1.82, 2.24) is 15.0 Å². The molecule has 1 saturated heterocycles. The van der Waals surface area contributed by atoms with Crippen LogP contribution in [-0.2, 0) is 16.0 Å². The Kier molecular flexibility index (Phi) is 8.28. The number of rotatable bonds is 11. The molecule has 0 aliphatic carbocycles. The first-order valence-electron chi connectivity index (χ1n) is 11.9. The third-order valence-electron chi connectivity index (χ3n) is 6.29. The van der Waals surface area contributed by atoms with Crippen molar-refractivity contribution in [3.63, 3.8) is 0 Å². The van der Waals surface area contributed by atoms with Gasteiger partial charge in [-0.05, 0) is 29.7 Å². The van der Waals surface area contributed by atoms with Gasteiger partial charge < -0.3 is 14.6 Å². The fourth-order valence-electron chi connectivity index (χ4n) is 4.38. The number of amides is 1. The minimum atomic E-state index is -0.302. The van der Waals surface area contributed by atoms with Crippen LogP contribution in [0, 0.1) is 5.92 Å². The Morgan fingerprint density at radius 1 is 1.14 bits per heavy atom. The summed E-state index contributed by atoms with van der Waals surface area (Å²) < 4.78 is 12.6. The van der Waals surface area contributed by atoms with Crippen molar-refractivity contribution in [3.8, 4) is 0 Å². The molecule has 1 aromatic heterocycles. The van der Waals surface area contributed by atoms with E-state index in [0.717, 1.165) is 28.9 Å². The molecule has 2 heterocycles. The number of aryl methyl sites for hydroxylation is 1. The molecule has 1 amide bonds. The lowest BCUT2D eigenvalue weighted by atomic mass is 9.96. The third-order valence-corrected chi connectivity index (χ3v) is 6.29. The molecule has 1 N–H and O–H groups in total. The number of aliphatic hydroxyl groups is 1. The highest BCUT2D eigenvalue weighted by atomic mass is 16.6. The highest BCUT2D eigenvalue weighted by Crippen LogP contribution is 2.29. The van der Waals surface area contributed by atoms with Gasteiger partial charge >= 0.3 is 6.09 Å². The van der Waals surface area contributed by atoms with Gasteiger partial charge in [0.2, 0.25) is 0 Å². The van der Waals surface area contributed by atoms with Crippen LogP contribution in [0.3, 0.4) is 0 Å². The maximum atomic E-state index is 11.8. The zero-order valence-corrected chi connectivity index (χ0v) is 20.2. The molecule has 0 spiro atoms. The van der Waals surface area contributed by atoms with Crippen LogP contribution < -0.4 is 4.90 Å². The first kappa shape index (κ1) is 24.6. The average Bonchev–Trinajstić information content (AvgIpc) is 3.53. The Bertz CT molecular complexity index is 1110. The summed E-state index contributed by atoms with van der Waals surface area (Å²) in [6.07, 6.45) is 6.59. The zero-order valence-electron chi connectivity index (χ0n) is 20.2. The number of aromatic nitrogens is 3. The number of nitrogens with zero attached hydrogens (tertiary/aromatic N) is 4. The van der Waals surface area contributed by atoms with Crippen LogP contribution in [0.15, 0.2) is 72.9 Å². The fourth-order valence-corrected chi connectivity index (χ4v) is 4.38. The van der Waals surface area contributed by atoms with E-state index < -0.39 is 0 Å². The molecule has 8 nitrogen and oxygen atoms in total. The molecular weight excluding hydrogens is 444 g/mol. The van der Waals surface area contributed by atoms with E-state index in [-0.39, 0.29) is 30.6 Å². The Morgan fingerprint density at radius 2 is 1.91 bits per heavy atom. The van der Waals surface area contributed by atoms with Crippen molar-refractivity contribution >= 4 is 11.8 Å². The van der Waals surface area contributed by atoms with Gasteiger partial charge in [-0.2, -0.15) is 0 Å². The first-order valence-corrected chi connectivity index (χ1v) is 11.9. The van der Waals surface area contributed by atoms with E-state index >= 15 is 0 Å². The molecule has 0 radical (unpaired) electrons. The molecule has 3 atom stereocenters. The van der Waals surface area contributed by atoms with Crippen LogP contribution in [-0.4, -0.2) is 53.1 Å². The van der Waals surface area contributed by atoms with Crippen molar-refractivity contribution in [2.24, 2.45) is 5.92 Å². The summed E-state index contributed by atoms with van der Waals surface area (Å²) in [6, 6.07) is 17.7. The number of methoxy groups -OCH3 is 1. The zero-order chi connectivity index (χ0) is 24.6. The number of carbonyl (C=O) groups excluding carboxylic acids is 1. The smallest absolute Gasteiger partial charge is 0.414 e. The minimum Gasteiger partial charge on any atom is -0.447 e. The SMILES string of the molecule is CO[C@@H](c1ccc(N2CCOC2=O)cc1)[C@@H](C)/C=C/CCn1cc(C(CO)c2ccccc2)nn1. The standard InChI is InChI=1S/C27H32N4O4/c1-20(26(34-2)22-11-13-23(14-12-22)31-16-17-35-27(31)33)8-6-7-15-30-18-25(28-29-30)24(19-32)21-9-4-3-5-10-21/h3-6,8-14,18,20,24,26,32H,7,15-17,19H2,1-2H3/b8-6+/t20-,24?,26+/m0/s1. The molecule has 1 aliphatic heterocycles. The van der Waals surface area contributed by atoms with E-state index in [4.69, 9.17) is 9.47 Å². The molecule has 1 fully saturated rings. The molecule has 0 saturated carbocycles. The molecule has 1 aliphatic rings. The van der Waals surface area contributed by atoms with Crippen LogP contribution in [0.5, 0.6) is 0 Å². The van der Waals surface area contributed by atoms with Gasteiger partial charge in [-0.3, -0.25) is 9.58 Å². The Labute approximate surface area is 205 Å². The largest absolute Gasteiger partial charge is 0.447 e. The van der Waals surface area contributed by atoms with Gasteiger partial charge in [0.1, 0.15) is 6.61 Å². The maximum absolute atomic E-state index is 11.8.